The highest BCUT2D eigenvalue weighted by Gasteiger charge is 2.23. The zero-order valence-electron chi connectivity index (χ0n) is 15.0. The molecule has 1 aliphatic carbocycles. The van der Waals surface area contributed by atoms with Gasteiger partial charge in [-0.1, -0.05) is 11.6 Å². The lowest BCUT2D eigenvalue weighted by Gasteiger charge is -2.13. The molecule has 0 fully saturated rings. The summed E-state index contributed by atoms with van der Waals surface area (Å²) in [5.74, 6) is 0. The van der Waals surface area contributed by atoms with Crippen molar-refractivity contribution in [3.63, 3.8) is 0 Å². The second kappa shape index (κ2) is 7.43. The van der Waals surface area contributed by atoms with Crippen LogP contribution in [0.4, 0.5) is 0 Å². The van der Waals surface area contributed by atoms with Gasteiger partial charge in [0.15, 0.2) is 0 Å². The van der Waals surface area contributed by atoms with Gasteiger partial charge in [0.2, 0.25) is 10.0 Å². The molecule has 0 aromatic carbocycles. The Morgan fingerprint density at radius 1 is 1.32 bits per heavy atom. The van der Waals surface area contributed by atoms with Gasteiger partial charge >= 0.3 is 0 Å². The minimum absolute atomic E-state index is 0.343. The average molecular weight is 380 g/mol. The maximum atomic E-state index is 12.7. The van der Waals surface area contributed by atoms with Crippen LogP contribution in [-0.4, -0.2) is 24.5 Å². The van der Waals surface area contributed by atoms with Crippen molar-refractivity contribution in [2.75, 3.05) is 6.54 Å². The van der Waals surface area contributed by atoms with E-state index in [1.807, 2.05) is 30.8 Å². The molecule has 0 unspecified atom stereocenters. The fraction of sp³-hybridized carbons (Fsp3) is 0.500. The first kappa shape index (κ1) is 18.4. The lowest BCUT2D eigenvalue weighted by Crippen LogP contribution is -2.25. The summed E-state index contributed by atoms with van der Waals surface area (Å²) in [5.41, 5.74) is 3.89. The minimum atomic E-state index is -3.52. The third-order valence-corrected chi connectivity index (χ3v) is 7.30. The molecule has 0 radical (unpaired) electrons. The first-order valence-electron chi connectivity index (χ1n) is 8.65. The molecule has 7 heteroatoms. The van der Waals surface area contributed by atoms with Gasteiger partial charge in [-0.3, -0.25) is 0 Å². The van der Waals surface area contributed by atoms with E-state index in [1.54, 1.807) is 6.07 Å². The molecule has 2 aromatic rings. The van der Waals surface area contributed by atoms with Crippen molar-refractivity contribution in [2.24, 2.45) is 7.05 Å². The summed E-state index contributed by atoms with van der Waals surface area (Å²) in [6.07, 6.45) is 7.73. The number of aryl methyl sites for hydroxylation is 1. The predicted octanol–water partition coefficient (Wildman–Crippen LogP) is 3.93. The van der Waals surface area contributed by atoms with Crippen LogP contribution in [0.15, 0.2) is 28.0 Å². The number of allylic oxidation sites excluding steroid dienone is 1. The molecular formula is C18H25N3O2S2. The maximum absolute atomic E-state index is 12.7. The summed E-state index contributed by atoms with van der Waals surface area (Å²) in [6.45, 7) is 4.23. The second-order valence-corrected chi connectivity index (χ2v) is 9.18. The van der Waals surface area contributed by atoms with Gasteiger partial charge in [0.05, 0.1) is 5.69 Å². The summed E-state index contributed by atoms with van der Waals surface area (Å²) in [4.78, 5) is 4.82. The van der Waals surface area contributed by atoms with Crippen molar-refractivity contribution >= 4 is 21.4 Å². The molecule has 1 N–H and O–H groups in total. The Bertz CT molecular complexity index is 892. The predicted molar refractivity (Wildman–Crippen MR) is 102 cm³/mol. The third-order valence-electron chi connectivity index (χ3n) is 4.74. The van der Waals surface area contributed by atoms with Crippen molar-refractivity contribution in [3.05, 3.63) is 34.5 Å². The monoisotopic (exact) mass is 379 g/mol. The molecule has 0 aliphatic heterocycles. The van der Waals surface area contributed by atoms with E-state index in [2.05, 4.69) is 15.8 Å². The minimum Gasteiger partial charge on any atom is -0.345 e. The van der Waals surface area contributed by atoms with Crippen LogP contribution in [0.25, 0.3) is 10.7 Å². The lowest BCUT2D eigenvalue weighted by molar-refractivity contribution is 0.578. The van der Waals surface area contributed by atoms with E-state index in [-0.39, 0.29) is 0 Å². The van der Waals surface area contributed by atoms with Gasteiger partial charge in [-0.05, 0) is 52.0 Å². The van der Waals surface area contributed by atoms with Crippen molar-refractivity contribution in [3.8, 4) is 10.7 Å². The normalized spacial score (nSPS) is 15.4. The number of aromatic nitrogens is 2. The van der Waals surface area contributed by atoms with Crippen molar-refractivity contribution in [1.82, 2.24) is 14.3 Å². The van der Waals surface area contributed by atoms with E-state index in [9.17, 15) is 8.42 Å². The fourth-order valence-electron chi connectivity index (χ4n) is 3.18. The van der Waals surface area contributed by atoms with Crippen LogP contribution in [0.1, 0.15) is 43.5 Å². The van der Waals surface area contributed by atoms with E-state index >= 15 is 0 Å². The highest BCUT2D eigenvalue weighted by molar-refractivity contribution is 7.89. The number of sulfonamides is 1. The molecule has 2 heterocycles. The first-order chi connectivity index (χ1) is 11.9. The molecule has 0 atom stereocenters. The van der Waals surface area contributed by atoms with Gasteiger partial charge in [0.1, 0.15) is 9.90 Å². The summed E-state index contributed by atoms with van der Waals surface area (Å²) >= 11 is 1.53. The van der Waals surface area contributed by atoms with Gasteiger partial charge in [0, 0.05) is 30.4 Å². The molecular weight excluding hydrogens is 354 g/mol. The molecule has 2 aromatic heterocycles. The molecule has 0 bridgehead atoms. The van der Waals surface area contributed by atoms with Crippen LogP contribution in [0.3, 0.4) is 0 Å². The van der Waals surface area contributed by atoms with Gasteiger partial charge in [0.25, 0.3) is 0 Å². The summed E-state index contributed by atoms with van der Waals surface area (Å²) < 4.78 is 30.1. The summed E-state index contributed by atoms with van der Waals surface area (Å²) in [7, 11) is -1.63. The van der Waals surface area contributed by atoms with Gasteiger partial charge < -0.3 is 4.57 Å². The van der Waals surface area contributed by atoms with Crippen LogP contribution in [0.2, 0.25) is 0 Å². The molecule has 1 aliphatic rings. The molecule has 3 rings (SSSR count). The largest absolute Gasteiger partial charge is 0.345 e. The number of nitrogens with one attached hydrogen (secondary N) is 1. The molecule has 136 valence electrons. The van der Waals surface area contributed by atoms with Crippen molar-refractivity contribution in [2.45, 2.75) is 50.8 Å². The Morgan fingerprint density at radius 2 is 2.12 bits per heavy atom. The van der Waals surface area contributed by atoms with E-state index in [1.165, 1.54) is 29.8 Å². The smallest absolute Gasteiger partial charge is 0.242 e. The van der Waals surface area contributed by atoms with Gasteiger partial charge in [-0.2, -0.15) is 0 Å². The standard InChI is InChI=1S/C18H25N3O2S2/c1-13-12-24-18(20-13)16-11-17(14(2)21(16)3)25(22,23)19-10-9-15-7-5-4-6-8-15/h7,11-12,19H,4-6,8-10H2,1-3H3. The molecule has 0 spiro atoms. The van der Waals surface area contributed by atoms with Crippen LogP contribution < -0.4 is 4.72 Å². The van der Waals surface area contributed by atoms with Crippen LogP contribution in [-0.2, 0) is 17.1 Å². The lowest BCUT2D eigenvalue weighted by atomic mass is 9.97. The third kappa shape index (κ3) is 4.04. The van der Waals surface area contributed by atoms with Crippen LogP contribution >= 0.6 is 11.3 Å². The van der Waals surface area contributed by atoms with E-state index < -0.39 is 10.0 Å². The van der Waals surface area contributed by atoms with Crippen LogP contribution in [0.5, 0.6) is 0 Å². The van der Waals surface area contributed by atoms with Crippen molar-refractivity contribution < 1.29 is 8.42 Å². The number of nitrogens with zero attached hydrogens (tertiary/aromatic N) is 2. The SMILES string of the molecule is Cc1csc(-c2cc(S(=O)(=O)NCCC3=CCCCC3)c(C)n2C)n1. The van der Waals surface area contributed by atoms with E-state index in [4.69, 9.17) is 0 Å². The van der Waals surface area contributed by atoms with Crippen molar-refractivity contribution in [1.29, 1.82) is 0 Å². The zero-order chi connectivity index (χ0) is 18.0. The Balaban J connectivity index is 1.76. The number of rotatable bonds is 6. The number of thiazole rings is 1. The van der Waals surface area contributed by atoms with Gasteiger partial charge in [-0.15, -0.1) is 11.3 Å². The molecule has 25 heavy (non-hydrogen) atoms. The maximum Gasteiger partial charge on any atom is 0.242 e. The second-order valence-electron chi connectivity index (χ2n) is 6.59. The highest BCUT2D eigenvalue weighted by atomic mass is 32.2. The van der Waals surface area contributed by atoms with Crippen LogP contribution in [0, 0.1) is 13.8 Å². The molecule has 5 nitrogen and oxygen atoms in total. The zero-order valence-corrected chi connectivity index (χ0v) is 16.6. The number of hydrogen-bond acceptors (Lipinski definition) is 4. The number of hydrogen-bond donors (Lipinski definition) is 1. The quantitative estimate of drug-likeness (QED) is 0.773. The summed E-state index contributed by atoms with van der Waals surface area (Å²) in [5, 5.41) is 2.82. The molecule has 0 saturated heterocycles. The van der Waals surface area contributed by atoms with E-state index in [0.717, 1.165) is 41.4 Å². The van der Waals surface area contributed by atoms with Gasteiger partial charge in [-0.25, -0.2) is 18.1 Å². The molecule has 0 amide bonds. The first-order valence-corrected chi connectivity index (χ1v) is 11.0. The Hall–Kier alpha value is -1.44. The molecule has 0 saturated carbocycles. The Labute approximate surface area is 153 Å². The summed E-state index contributed by atoms with van der Waals surface area (Å²) in [6, 6.07) is 1.73. The topological polar surface area (TPSA) is 64.0 Å². The Kier molecular flexibility index (Phi) is 5.46. The fourth-order valence-corrected chi connectivity index (χ4v) is 5.34. The van der Waals surface area contributed by atoms with E-state index in [0.29, 0.717) is 11.4 Å². The average Bonchev–Trinajstić information content (AvgIpc) is 3.13. The highest BCUT2D eigenvalue weighted by Crippen LogP contribution is 2.29. The Morgan fingerprint density at radius 3 is 2.76 bits per heavy atom.